The van der Waals surface area contributed by atoms with Crippen LogP contribution in [0.25, 0.3) is 10.4 Å². The fourth-order valence-corrected chi connectivity index (χ4v) is 1.49. The molecule has 1 aromatic rings. The molecule has 1 rings (SSSR count). The molecule has 0 atom stereocenters. The molecule has 0 aliphatic heterocycles. The highest BCUT2D eigenvalue weighted by molar-refractivity contribution is 5.67. The fourth-order valence-electron chi connectivity index (χ4n) is 1.49. The van der Waals surface area contributed by atoms with Gasteiger partial charge < -0.3 is 4.74 Å². The largest absolute Gasteiger partial charge is 0.460 e. The number of hydrogen-bond acceptors (Lipinski definition) is 2. The van der Waals surface area contributed by atoms with Crippen molar-refractivity contribution in [3.63, 3.8) is 0 Å². The lowest BCUT2D eigenvalue weighted by molar-refractivity contribution is 0.158. The standard InChI is InChI=1S/C13H17N3O2/c1-13(2,3)11-6-4-10(5-7-11)8-9-18-12(17)15-16-14/h4-7H,8-9H2,1-3H3. The fraction of sp³-hybridized carbons (Fsp3) is 0.462. The summed E-state index contributed by atoms with van der Waals surface area (Å²) >= 11 is 0. The topological polar surface area (TPSA) is 75.1 Å². The van der Waals surface area contributed by atoms with E-state index in [4.69, 9.17) is 10.3 Å². The molecule has 1 aromatic carbocycles. The molecule has 0 aromatic heterocycles. The number of hydrogen-bond donors (Lipinski definition) is 0. The van der Waals surface area contributed by atoms with Gasteiger partial charge in [0.2, 0.25) is 0 Å². The molecule has 0 radical (unpaired) electrons. The van der Waals surface area contributed by atoms with Crippen LogP contribution in [0.4, 0.5) is 4.79 Å². The Morgan fingerprint density at radius 1 is 1.33 bits per heavy atom. The minimum Gasteiger partial charge on any atom is -0.460 e. The van der Waals surface area contributed by atoms with Crippen molar-refractivity contribution < 1.29 is 9.53 Å². The molecule has 0 N–H and O–H groups in total. The van der Waals surface area contributed by atoms with Crippen molar-refractivity contribution in [2.45, 2.75) is 32.6 Å². The summed E-state index contributed by atoms with van der Waals surface area (Å²) in [5, 5.41) is 2.82. The minimum absolute atomic E-state index is 0.131. The Balaban J connectivity index is 2.50. The molecule has 0 saturated carbocycles. The molecule has 96 valence electrons. The van der Waals surface area contributed by atoms with E-state index in [0.29, 0.717) is 6.42 Å². The van der Waals surface area contributed by atoms with Gasteiger partial charge in [0.1, 0.15) is 0 Å². The summed E-state index contributed by atoms with van der Waals surface area (Å²) in [4.78, 5) is 13.1. The molecule has 5 heteroatoms. The van der Waals surface area contributed by atoms with Crippen molar-refractivity contribution in [3.8, 4) is 0 Å². The summed E-state index contributed by atoms with van der Waals surface area (Å²) in [7, 11) is 0. The van der Waals surface area contributed by atoms with Crippen molar-refractivity contribution in [1.82, 2.24) is 0 Å². The average Bonchev–Trinajstić information content (AvgIpc) is 2.29. The second kappa shape index (κ2) is 6.07. The normalized spacial score (nSPS) is 10.6. The average molecular weight is 247 g/mol. The Labute approximate surface area is 106 Å². The third-order valence-electron chi connectivity index (χ3n) is 2.56. The first-order valence-corrected chi connectivity index (χ1v) is 5.75. The minimum atomic E-state index is -0.885. The molecule has 5 nitrogen and oxygen atoms in total. The van der Waals surface area contributed by atoms with Gasteiger partial charge in [0.25, 0.3) is 0 Å². The van der Waals surface area contributed by atoms with E-state index < -0.39 is 6.09 Å². The van der Waals surface area contributed by atoms with Crippen LogP contribution >= 0.6 is 0 Å². The first kappa shape index (κ1) is 14.1. The SMILES string of the molecule is CC(C)(C)c1ccc(CCOC(=O)N=[N+]=[N-])cc1. The number of nitrogens with zero attached hydrogens (tertiary/aromatic N) is 3. The van der Waals surface area contributed by atoms with E-state index in [0.717, 1.165) is 5.56 Å². The Morgan fingerprint density at radius 2 is 1.94 bits per heavy atom. The number of rotatable bonds is 3. The molecule has 0 aliphatic carbocycles. The highest BCUT2D eigenvalue weighted by Crippen LogP contribution is 2.22. The van der Waals surface area contributed by atoms with Crippen molar-refractivity contribution in [2.75, 3.05) is 6.61 Å². The smallest absolute Gasteiger partial charge is 0.396 e. The molecule has 0 unspecified atom stereocenters. The molecule has 0 aliphatic rings. The molecule has 1 amide bonds. The van der Waals surface area contributed by atoms with E-state index in [9.17, 15) is 4.79 Å². The van der Waals surface area contributed by atoms with Crippen LogP contribution in [0.15, 0.2) is 29.4 Å². The third kappa shape index (κ3) is 4.47. The number of azide groups is 1. The zero-order chi connectivity index (χ0) is 13.6. The van der Waals surface area contributed by atoms with E-state index in [1.807, 2.05) is 12.1 Å². The van der Waals surface area contributed by atoms with Crippen LogP contribution < -0.4 is 0 Å². The molecular formula is C13H17N3O2. The maximum absolute atomic E-state index is 10.8. The number of amides is 1. The maximum Gasteiger partial charge on any atom is 0.396 e. The molecule has 0 heterocycles. The first-order valence-electron chi connectivity index (χ1n) is 5.75. The third-order valence-corrected chi connectivity index (χ3v) is 2.56. The van der Waals surface area contributed by atoms with Crippen molar-refractivity contribution in [2.24, 2.45) is 5.11 Å². The Hall–Kier alpha value is -2.00. The Bertz CT molecular complexity index is 454. The van der Waals surface area contributed by atoms with Crippen LogP contribution in [-0.4, -0.2) is 12.7 Å². The second-order valence-corrected chi connectivity index (χ2v) is 5.00. The summed E-state index contributed by atoms with van der Waals surface area (Å²) in [5.41, 5.74) is 10.5. The van der Waals surface area contributed by atoms with E-state index in [-0.39, 0.29) is 12.0 Å². The number of carbonyl (C=O) groups excluding carboxylic acids is 1. The quantitative estimate of drug-likeness (QED) is 0.460. The van der Waals surface area contributed by atoms with Gasteiger partial charge in [-0.15, -0.1) is 0 Å². The summed E-state index contributed by atoms with van der Waals surface area (Å²) in [5.74, 6) is 0. The first-order chi connectivity index (χ1) is 8.43. The van der Waals surface area contributed by atoms with E-state index in [1.165, 1.54) is 5.56 Å². The number of ether oxygens (including phenoxy) is 1. The van der Waals surface area contributed by atoms with Gasteiger partial charge in [0.15, 0.2) is 0 Å². The van der Waals surface area contributed by atoms with Gasteiger partial charge in [0.05, 0.1) is 6.61 Å². The Kier molecular flexibility index (Phi) is 4.75. The van der Waals surface area contributed by atoms with Crippen LogP contribution in [-0.2, 0) is 16.6 Å². The van der Waals surface area contributed by atoms with Gasteiger partial charge in [-0.05, 0) is 22.1 Å². The van der Waals surface area contributed by atoms with Crippen LogP contribution in [0.5, 0.6) is 0 Å². The summed E-state index contributed by atoms with van der Waals surface area (Å²) in [6.45, 7) is 6.68. The van der Waals surface area contributed by atoms with Gasteiger partial charge in [-0.2, -0.15) is 0 Å². The van der Waals surface area contributed by atoms with Crippen LogP contribution in [0.3, 0.4) is 0 Å². The van der Waals surface area contributed by atoms with Gasteiger partial charge in [-0.3, -0.25) is 0 Å². The lowest BCUT2D eigenvalue weighted by Crippen LogP contribution is -2.11. The molecule has 18 heavy (non-hydrogen) atoms. The van der Waals surface area contributed by atoms with Crippen LogP contribution in [0.1, 0.15) is 31.9 Å². The number of carbonyl (C=O) groups is 1. The zero-order valence-electron chi connectivity index (χ0n) is 10.9. The number of benzene rings is 1. The predicted octanol–water partition coefficient (Wildman–Crippen LogP) is 3.97. The molecule has 0 fully saturated rings. The Morgan fingerprint density at radius 3 is 2.44 bits per heavy atom. The van der Waals surface area contributed by atoms with E-state index in [2.05, 4.69) is 42.9 Å². The van der Waals surface area contributed by atoms with Crippen molar-refractivity contribution in [1.29, 1.82) is 0 Å². The van der Waals surface area contributed by atoms with Gasteiger partial charge in [-0.25, -0.2) is 4.79 Å². The van der Waals surface area contributed by atoms with E-state index >= 15 is 0 Å². The zero-order valence-corrected chi connectivity index (χ0v) is 10.9. The van der Waals surface area contributed by atoms with Gasteiger partial charge >= 0.3 is 6.09 Å². The van der Waals surface area contributed by atoms with Gasteiger partial charge in [-0.1, -0.05) is 45.0 Å². The highest BCUT2D eigenvalue weighted by Gasteiger charge is 2.12. The van der Waals surface area contributed by atoms with Crippen LogP contribution in [0, 0.1) is 0 Å². The maximum atomic E-state index is 10.8. The highest BCUT2D eigenvalue weighted by atomic mass is 16.5. The lowest BCUT2D eigenvalue weighted by Gasteiger charge is -2.19. The monoisotopic (exact) mass is 247 g/mol. The lowest BCUT2D eigenvalue weighted by atomic mass is 9.86. The van der Waals surface area contributed by atoms with Gasteiger partial charge in [0, 0.05) is 16.4 Å². The summed E-state index contributed by atoms with van der Waals surface area (Å²) in [6.07, 6.45) is -0.277. The van der Waals surface area contributed by atoms with E-state index in [1.54, 1.807) is 0 Å². The van der Waals surface area contributed by atoms with Crippen molar-refractivity contribution >= 4 is 6.09 Å². The predicted molar refractivity (Wildman–Crippen MR) is 69.3 cm³/mol. The summed E-state index contributed by atoms with van der Waals surface area (Å²) < 4.78 is 4.72. The summed E-state index contributed by atoms with van der Waals surface area (Å²) in [6, 6.07) is 8.18. The molecule has 0 spiro atoms. The van der Waals surface area contributed by atoms with Crippen LogP contribution in [0.2, 0.25) is 0 Å². The molecule has 0 bridgehead atoms. The molecular weight excluding hydrogens is 230 g/mol. The second-order valence-electron chi connectivity index (χ2n) is 5.00. The van der Waals surface area contributed by atoms with Crippen molar-refractivity contribution in [3.05, 3.63) is 45.8 Å². The molecule has 0 saturated heterocycles.